The van der Waals surface area contributed by atoms with E-state index in [1.807, 2.05) is 13.1 Å². The Kier molecular flexibility index (Phi) is 5.33. The Balaban J connectivity index is 2.15. The molecule has 1 aromatic carbocycles. The van der Waals surface area contributed by atoms with E-state index in [-0.39, 0.29) is 10.6 Å². The van der Waals surface area contributed by atoms with Crippen molar-refractivity contribution in [2.75, 3.05) is 19.4 Å². The van der Waals surface area contributed by atoms with Gasteiger partial charge in [-0.1, -0.05) is 12.1 Å². The monoisotopic (exact) mass is 369 g/mol. The summed E-state index contributed by atoms with van der Waals surface area (Å²) >= 11 is 5.11. The van der Waals surface area contributed by atoms with Crippen LogP contribution in [0.5, 0.6) is 0 Å². The molecule has 2 rings (SSSR count). The Morgan fingerprint density at radius 1 is 1.43 bits per heavy atom. The van der Waals surface area contributed by atoms with Crippen molar-refractivity contribution in [3.05, 3.63) is 54.7 Å². The van der Waals surface area contributed by atoms with E-state index in [2.05, 4.69) is 37.6 Å². The summed E-state index contributed by atoms with van der Waals surface area (Å²) in [5.41, 5.74) is 2.84. The molecule has 21 heavy (non-hydrogen) atoms. The maximum Gasteiger partial charge on any atom is 0.292 e. The van der Waals surface area contributed by atoms with Crippen molar-refractivity contribution in [1.82, 2.24) is 4.90 Å². The first-order chi connectivity index (χ1) is 10.0. The molecular formula is C14H16BrN3O2S. The van der Waals surface area contributed by atoms with Gasteiger partial charge in [-0.25, -0.2) is 0 Å². The van der Waals surface area contributed by atoms with E-state index in [9.17, 15) is 10.1 Å². The Hall–Kier alpha value is -1.44. The van der Waals surface area contributed by atoms with Crippen molar-refractivity contribution >= 4 is 38.6 Å². The van der Waals surface area contributed by atoms with Crippen molar-refractivity contribution < 1.29 is 4.92 Å². The number of halogens is 1. The van der Waals surface area contributed by atoms with Crippen molar-refractivity contribution in [1.29, 1.82) is 0 Å². The predicted molar refractivity (Wildman–Crippen MR) is 89.8 cm³/mol. The lowest BCUT2D eigenvalue weighted by atomic mass is 10.1. The number of nitro groups is 1. The van der Waals surface area contributed by atoms with E-state index < -0.39 is 0 Å². The molecular weight excluding hydrogens is 354 g/mol. The number of anilines is 1. The Morgan fingerprint density at radius 3 is 2.76 bits per heavy atom. The van der Waals surface area contributed by atoms with Gasteiger partial charge in [-0.05, 0) is 45.6 Å². The fourth-order valence-corrected chi connectivity index (χ4v) is 3.45. The number of nitrogens with one attached hydrogen (secondary N) is 1. The Labute approximate surface area is 135 Å². The molecule has 1 heterocycles. The van der Waals surface area contributed by atoms with Gasteiger partial charge in [0.2, 0.25) is 0 Å². The van der Waals surface area contributed by atoms with Crippen LogP contribution in [0.1, 0.15) is 11.1 Å². The summed E-state index contributed by atoms with van der Waals surface area (Å²) in [6.07, 6.45) is 0. The van der Waals surface area contributed by atoms with Gasteiger partial charge < -0.3 is 5.32 Å². The highest BCUT2D eigenvalue weighted by molar-refractivity contribution is 9.11. The summed E-state index contributed by atoms with van der Waals surface area (Å²) in [7, 11) is 3.71. The molecule has 0 radical (unpaired) electrons. The van der Waals surface area contributed by atoms with Gasteiger partial charge in [0, 0.05) is 26.2 Å². The summed E-state index contributed by atoms with van der Waals surface area (Å²) in [6, 6.07) is 7.25. The fraction of sp³-hybridized carbons (Fsp3) is 0.286. The first kappa shape index (κ1) is 15.9. The zero-order valence-corrected chi connectivity index (χ0v) is 14.2. The van der Waals surface area contributed by atoms with Gasteiger partial charge in [0.25, 0.3) is 5.69 Å². The molecule has 0 atom stereocenters. The quantitative estimate of drug-likeness (QED) is 0.615. The normalized spacial score (nSPS) is 10.9. The summed E-state index contributed by atoms with van der Waals surface area (Å²) in [4.78, 5) is 12.8. The largest absolute Gasteiger partial charge is 0.382 e. The lowest BCUT2D eigenvalue weighted by Gasteiger charge is -2.18. The van der Waals surface area contributed by atoms with Crippen LogP contribution in [-0.4, -0.2) is 23.9 Å². The number of benzene rings is 1. The average Bonchev–Trinajstić information content (AvgIpc) is 2.83. The van der Waals surface area contributed by atoms with Crippen LogP contribution in [0.4, 0.5) is 11.4 Å². The number of hydrogen-bond acceptors (Lipinski definition) is 5. The zero-order valence-electron chi connectivity index (χ0n) is 11.8. The first-order valence-electron chi connectivity index (χ1n) is 6.36. The third-order valence-electron chi connectivity index (χ3n) is 3.09. The summed E-state index contributed by atoms with van der Waals surface area (Å²) < 4.78 is 1.11. The molecule has 1 N–H and O–H groups in total. The van der Waals surface area contributed by atoms with Crippen LogP contribution >= 0.6 is 27.3 Å². The topological polar surface area (TPSA) is 58.4 Å². The van der Waals surface area contributed by atoms with Crippen molar-refractivity contribution in [3.63, 3.8) is 0 Å². The van der Waals surface area contributed by atoms with E-state index in [4.69, 9.17) is 0 Å². The SMILES string of the molecule is CNc1c(CN(C)Cc2csc(Br)c2)cccc1[N+](=O)[O-]. The maximum atomic E-state index is 11.1. The average molecular weight is 370 g/mol. The number of hydrogen-bond donors (Lipinski definition) is 1. The lowest BCUT2D eigenvalue weighted by Crippen LogP contribution is -2.18. The standard InChI is InChI=1S/C14H16BrN3O2S/c1-16-14-11(4-3-5-12(14)18(19)20)8-17(2)7-10-6-13(15)21-9-10/h3-6,9,16H,7-8H2,1-2H3. The second kappa shape index (κ2) is 7.02. The first-order valence-corrected chi connectivity index (χ1v) is 8.04. The molecule has 1 aromatic heterocycles. The minimum atomic E-state index is -0.356. The third kappa shape index (κ3) is 4.03. The highest BCUT2D eigenvalue weighted by Crippen LogP contribution is 2.29. The third-order valence-corrected chi connectivity index (χ3v) is 4.64. The molecule has 5 nitrogen and oxygen atoms in total. The molecule has 0 amide bonds. The van der Waals surface area contributed by atoms with Crippen LogP contribution in [0.25, 0.3) is 0 Å². The molecule has 112 valence electrons. The van der Waals surface area contributed by atoms with Crippen LogP contribution in [0.15, 0.2) is 33.4 Å². The van der Waals surface area contributed by atoms with Gasteiger partial charge >= 0.3 is 0 Å². The number of rotatable bonds is 6. The maximum absolute atomic E-state index is 11.1. The van der Waals surface area contributed by atoms with Crippen molar-refractivity contribution in [2.24, 2.45) is 0 Å². The van der Waals surface area contributed by atoms with Crippen LogP contribution < -0.4 is 5.32 Å². The molecule has 0 fully saturated rings. The minimum Gasteiger partial charge on any atom is -0.382 e. The van der Waals surface area contributed by atoms with Gasteiger partial charge in [0.1, 0.15) is 5.69 Å². The second-order valence-corrected chi connectivity index (χ2v) is 7.04. The number of nitro benzene ring substituents is 1. The molecule has 0 saturated carbocycles. The summed E-state index contributed by atoms with van der Waals surface area (Å²) in [6.45, 7) is 1.44. The molecule has 2 aromatic rings. The van der Waals surface area contributed by atoms with Crippen LogP contribution in [0.2, 0.25) is 0 Å². The highest BCUT2D eigenvalue weighted by atomic mass is 79.9. The van der Waals surface area contributed by atoms with Crippen LogP contribution in [0, 0.1) is 10.1 Å². The summed E-state index contributed by atoms with van der Waals surface area (Å²) in [5, 5.41) is 16.1. The Morgan fingerprint density at radius 2 is 2.19 bits per heavy atom. The molecule has 0 aliphatic rings. The fourth-order valence-electron chi connectivity index (χ4n) is 2.25. The molecule has 0 bridgehead atoms. The van der Waals surface area contributed by atoms with E-state index >= 15 is 0 Å². The van der Waals surface area contributed by atoms with E-state index in [1.165, 1.54) is 11.6 Å². The number of nitrogens with zero attached hydrogens (tertiary/aromatic N) is 2. The lowest BCUT2D eigenvalue weighted by molar-refractivity contribution is -0.384. The smallest absolute Gasteiger partial charge is 0.292 e. The van der Waals surface area contributed by atoms with Gasteiger partial charge in [-0.3, -0.25) is 15.0 Å². The van der Waals surface area contributed by atoms with Crippen molar-refractivity contribution in [3.8, 4) is 0 Å². The highest BCUT2D eigenvalue weighted by Gasteiger charge is 2.17. The minimum absolute atomic E-state index is 0.113. The van der Waals surface area contributed by atoms with Crippen LogP contribution in [0.3, 0.4) is 0 Å². The van der Waals surface area contributed by atoms with Gasteiger partial charge in [-0.2, -0.15) is 0 Å². The van der Waals surface area contributed by atoms with Crippen LogP contribution in [-0.2, 0) is 13.1 Å². The molecule has 0 spiro atoms. The second-order valence-electron chi connectivity index (χ2n) is 4.75. The molecule has 7 heteroatoms. The summed E-state index contributed by atoms with van der Waals surface area (Å²) in [5.74, 6) is 0. The van der Waals surface area contributed by atoms with E-state index in [0.717, 1.165) is 15.9 Å². The number of para-hydroxylation sites is 1. The molecule has 0 saturated heterocycles. The predicted octanol–water partition coefficient (Wildman–Crippen LogP) is 4.09. The molecule has 0 unspecified atom stereocenters. The van der Waals surface area contributed by atoms with Gasteiger partial charge in [-0.15, -0.1) is 11.3 Å². The zero-order chi connectivity index (χ0) is 15.4. The van der Waals surface area contributed by atoms with E-state index in [1.54, 1.807) is 24.5 Å². The van der Waals surface area contributed by atoms with Gasteiger partial charge in [0.15, 0.2) is 0 Å². The van der Waals surface area contributed by atoms with E-state index in [0.29, 0.717) is 12.2 Å². The van der Waals surface area contributed by atoms with Gasteiger partial charge in [0.05, 0.1) is 8.71 Å². The molecule has 0 aliphatic heterocycles. The van der Waals surface area contributed by atoms with Crippen molar-refractivity contribution in [2.45, 2.75) is 13.1 Å². The molecule has 0 aliphatic carbocycles. The number of thiophene rings is 1. The Bertz CT molecular complexity index is 645.